The van der Waals surface area contributed by atoms with Crippen molar-refractivity contribution >= 4 is 31.5 Å². The summed E-state index contributed by atoms with van der Waals surface area (Å²) in [7, 11) is 0. The fourth-order valence-electron chi connectivity index (χ4n) is 6.60. The lowest BCUT2D eigenvalue weighted by molar-refractivity contribution is 1.07. The highest BCUT2D eigenvalue weighted by Crippen LogP contribution is 2.42. The van der Waals surface area contributed by atoms with E-state index < -0.39 is 0 Å². The van der Waals surface area contributed by atoms with E-state index in [0.717, 1.165) is 27.8 Å². The van der Waals surface area contributed by atoms with Crippen molar-refractivity contribution in [2.24, 2.45) is 0 Å². The van der Waals surface area contributed by atoms with E-state index in [1.54, 1.807) is 11.3 Å². The maximum absolute atomic E-state index is 9.18. The van der Waals surface area contributed by atoms with Gasteiger partial charge in [-0.05, 0) is 63.7 Å². The van der Waals surface area contributed by atoms with E-state index in [1.165, 1.54) is 42.4 Å². The Kier molecular flexibility index (Phi) is 7.70. The van der Waals surface area contributed by atoms with Gasteiger partial charge in [-0.1, -0.05) is 140 Å². The summed E-state index contributed by atoms with van der Waals surface area (Å²) in [4.78, 5) is 15.0. The lowest BCUT2D eigenvalue weighted by atomic mass is 9.96. The molecule has 9 rings (SSSR count). The molecule has 0 amide bonds. The number of rotatable bonds is 6. The molecule has 0 unspecified atom stereocenters. The molecule has 0 fully saturated rings. The monoisotopic (exact) mass is 668 g/mol. The maximum Gasteiger partial charge on any atom is 0.164 e. The molecule has 5 heteroatoms. The van der Waals surface area contributed by atoms with Crippen molar-refractivity contribution < 1.29 is 0 Å². The molecule has 238 valence electrons. The number of aromatic nitrogens is 3. The molecule has 0 bridgehead atoms. The molecule has 0 saturated heterocycles. The molecule has 0 atom stereocenters. The number of thiophene rings is 1. The predicted molar refractivity (Wildman–Crippen MR) is 210 cm³/mol. The molecule has 0 saturated carbocycles. The summed E-state index contributed by atoms with van der Waals surface area (Å²) in [6, 6.07) is 60.6. The zero-order valence-electron chi connectivity index (χ0n) is 27.4. The summed E-state index contributed by atoms with van der Waals surface area (Å²) in [6.45, 7) is 0. The van der Waals surface area contributed by atoms with Crippen LogP contribution in [0.5, 0.6) is 0 Å². The van der Waals surface area contributed by atoms with Crippen molar-refractivity contribution in [3.8, 4) is 73.6 Å². The number of fused-ring (bicyclic) bond motifs is 3. The lowest BCUT2D eigenvalue weighted by Crippen LogP contribution is -2.00. The Morgan fingerprint density at radius 2 is 0.902 bits per heavy atom. The summed E-state index contributed by atoms with van der Waals surface area (Å²) in [5, 5.41) is 11.7. The van der Waals surface area contributed by atoms with Gasteiger partial charge in [0.25, 0.3) is 0 Å². The Labute approximate surface area is 299 Å². The summed E-state index contributed by atoms with van der Waals surface area (Å²) in [5.74, 6) is 1.87. The smallest absolute Gasteiger partial charge is 0.164 e. The van der Waals surface area contributed by atoms with E-state index in [1.807, 2.05) is 66.7 Å². The van der Waals surface area contributed by atoms with Crippen LogP contribution in [0.25, 0.3) is 87.7 Å². The summed E-state index contributed by atoms with van der Waals surface area (Å²) in [5.41, 5.74) is 10.4. The number of nitriles is 1. The molecular weight excluding hydrogens is 641 g/mol. The Bertz CT molecular complexity index is 2730. The van der Waals surface area contributed by atoms with Gasteiger partial charge < -0.3 is 0 Å². The van der Waals surface area contributed by atoms with Crippen LogP contribution in [0.1, 0.15) is 5.56 Å². The molecule has 2 aromatic heterocycles. The molecule has 0 aliphatic heterocycles. The standard InChI is InChI=1S/C46H28N4S/c47-29-30-17-19-32(20-18-30)33-21-23-35(24-22-33)45-48-44(34-11-5-2-6-12-34)49-46(50-45)38-25-26-40-42(28-38)51-41-16-8-15-39(43(40)41)37-14-7-13-36(27-37)31-9-3-1-4-10-31/h1-28H. The highest BCUT2D eigenvalue weighted by Gasteiger charge is 2.16. The van der Waals surface area contributed by atoms with Crippen LogP contribution in [0.15, 0.2) is 170 Å². The summed E-state index contributed by atoms with van der Waals surface area (Å²) >= 11 is 1.79. The number of hydrogen-bond acceptors (Lipinski definition) is 5. The highest BCUT2D eigenvalue weighted by atomic mass is 32.1. The predicted octanol–water partition coefficient (Wildman–Crippen LogP) is 12.1. The third kappa shape index (κ3) is 5.84. The van der Waals surface area contributed by atoms with E-state index in [-0.39, 0.29) is 0 Å². The molecule has 4 nitrogen and oxygen atoms in total. The summed E-state index contributed by atoms with van der Waals surface area (Å²) < 4.78 is 2.43. The van der Waals surface area contributed by atoms with Crippen LogP contribution in [-0.4, -0.2) is 15.0 Å². The Morgan fingerprint density at radius 1 is 0.392 bits per heavy atom. The van der Waals surface area contributed by atoms with Gasteiger partial charge in [-0.2, -0.15) is 5.26 Å². The Hall–Kier alpha value is -6.74. The van der Waals surface area contributed by atoms with Crippen LogP contribution in [0.3, 0.4) is 0 Å². The highest BCUT2D eigenvalue weighted by molar-refractivity contribution is 7.26. The fraction of sp³-hybridized carbons (Fsp3) is 0. The average molecular weight is 669 g/mol. The fourth-order valence-corrected chi connectivity index (χ4v) is 7.77. The van der Waals surface area contributed by atoms with Crippen molar-refractivity contribution in [1.29, 1.82) is 5.26 Å². The van der Waals surface area contributed by atoms with Gasteiger partial charge in [0, 0.05) is 36.9 Å². The van der Waals surface area contributed by atoms with Gasteiger partial charge in [0.15, 0.2) is 17.5 Å². The van der Waals surface area contributed by atoms with Gasteiger partial charge in [-0.25, -0.2) is 15.0 Å². The van der Waals surface area contributed by atoms with Gasteiger partial charge in [0.05, 0.1) is 11.6 Å². The third-order valence-electron chi connectivity index (χ3n) is 9.19. The van der Waals surface area contributed by atoms with Crippen LogP contribution in [0.4, 0.5) is 0 Å². The first-order valence-electron chi connectivity index (χ1n) is 16.7. The van der Waals surface area contributed by atoms with Gasteiger partial charge in [-0.3, -0.25) is 0 Å². The van der Waals surface area contributed by atoms with Crippen molar-refractivity contribution in [3.05, 3.63) is 175 Å². The molecule has 0 radical (unpaired) electrons. The second-order valence-corrected chi connectivity index (χ2v) is 13.5. The molecule has 0 spiro atoms. The van der Waals surface area contributed by atoms with Crippen molar-refractivity contribution in [3.63, 3.8) is 0 Å². The molecular formula is C46H28N4S. The molecule has 0 aliphatic rings. The van der Waals surface area contributed by atoms with E-state index in [9.17, 15) is 5.26 Å². The number of hydrogen-bond donors (Lipinski definition) is 0. The zero-order valence-corrected chi connectivity index (χ0v) is 28.2. The minimum atomic E-state index is 0.613. The molecule has 51 heavy (non-hydrogen) atoms. The van der Waals surface area contributed by atoms with Crippen LogP contribution < -0.4 is 0 Å². The maximum atomic E-state index is 9.18. The van der Waals surface area contributed by atoms with E-state index in [0.29, 0.717) is 23.0 Å². The van der Waals surface area contributed by atoms with Gasteiger partial charge in [-0.15, -0.1) is 11.3 Å². The van der Waals surface area contributed by atoms with Gasteiger partial charge in [0.2, 0.25) is 0 Å². The van der Waals surface area contributed by atoms with Gasteiger partial charge >= 0.3 is 0 Å². The number of benzene rings is 7. The first-order valence-corrected chi connectivity index (χ1v) is 17.6. The first kappa shape index (κ1) is 30.3. The Balaban J connectivity index is 1.13. The van der Waals surface area contributed by atoms with E-state index in [4.69, 9.17) is 15.0 Å². The zero-order chi connectivity index (χ0) is 34.1. The minimum Gasteiger partial charge on any atom is -0.208 e. The van der Waals surface area contributed by atoms with Crippen LogP contribution >= 0.6 is 11.3 Å². The van der Waals surface area contributed by atoms with E-state index >= 15 is 0 Å². The molecule has 7 aromatic carbocycles. The minimum absolute atomic E-state index is 0.613. The normalized spacial score (nSPS) is 11.1. The Morgan fingerprint density at radius 3 is 1.59 bits per heavy atom. The SMILES string of the molecule is N#Cc1ccc(-c2ccc(-c3nc(-c4ccccc4)nc(-c4ccc5c(c4)sc4cccc(-c6cccc(-c7ccccc7)c6)c45)n3)cc2)cc1. The second kappa shape index (κ2) is 12.9. The molecule has 9 aromatic rings. The summed E-state index contributed by atoms with van der Waals surface area (Å²) in [6.07, 6.45) is 0. The lowest BCUT2D eigenvalue weighted by Gasteiger charge is -2.10. The van der Waals surface area contributed by atoms with Crippen LogP contribution in [-0.2, 0) is 0 Å². The quantitative estimate of drug-likeness (QED) is 0.177. The molecule has 2 heterocycles. The largest absolute Gasteiger partial charge is 0.208 e. The molecule has 0 N–H and O–H groups in total. The molecule has 0 aliphatic carbocycles. The first-order chi connectivity index (χ1) is 25.2. The average Bonchev–Trinajstić information content (AvgIpc) is 3.60. The number of nitrogens with zero attached hydrogens (tertiary/aromatic N) is 4. The van der Waals surface area contributed by atoms with Crippen molar-refractivity contribution in [2.75, 3.05) is 0 Å². The van der Waals surface area contributed by atoms with Crippen LogP contribution in [0.2, 0.25) is 0 Å². The van der Waals surface area contributed by atoms with Crippen molar-refractivity contribution in [2.45, 2.75) is 0 Å². The second-order valence-electron chi connectivity index (χ2n) is 12.4. The van der Waals surface area contributed by atoms with E-state index in [2.05, 4.69) is 109 Å². The van der Waals surface area contributed by atoms with Crippen LogP contribution in [0, 0.1) is 11.3 Å². The van der Waals surface area contributed by atoms with Crippen molar-refractivity contribution in [1.82, 2.24) is 15.0 Å². The van der Waals surface area contributed by atoms with Gasteiger partial charge in [0.1, 0.15) is 0 Å². The topological polar surface area (TPSA) is 62.5 Å². The third-order valence-corrected chi connectivity index (χ3v) is 10.3.